The molecule has 2 heterocycles. The Bertz CT molecular complexity index is 654. The van der Waals surface area contributed by atoms with Crippen LogP contribution in [0.25, 0.3) is 0 Å². The fraction of sp³-hybridized carbons (Fsp3) is 0.353. The van der Waals surface area contributed by atoms with Crippen LogP contribution in [0.1, 0.15) is 24.4 Å². The summed E-state index contributed by atoms with van der Waals surface area (Å²) in [5.74, 6) is 0.0430. The molecule has 2 amide bonds. The number of nitrogens with zero attached hydrogens (tertiary/aromatic N) is 3. The van der Waals surface area contributed by atoms with Gasteiger partial charge in [-0.25, -0.2) is 0 Å². The minimum atomic E-state index is -0.207. The molecule has 1 aliphatic heterocycles. The molecule has 1 aromatic carbocycles. The SMILES string of the molecule is O=C(Cn1cccn1)N[C@@H](CN1CCCC1=O)c1ccccc1. The van der Waals surface area contributed by atoms with Crippen LogP contribution in [0.5, 0.6) is 0 Å². The number of hydrogen-bond donors (Lipinski definition) is 1. The van der Waals surface area contributed by atoms with Gasteiger partial charge in [-0.2, -0.15) is 5.10 Å². The van der Waals surface area contributed by atoms with Crippen molar-refractivity contribution < 1.29 is 9.59 Å². The predicted molar refractivity (Wildman–Crippen MR) is 85.4 cm³/mol. The van der Waals surface area contributed by atoms with E-state index in [1.165, 1.54) is 0 Å². The van der Waals surface area contributed by atoms with Crippen molar-refractivity contribution in [2.75, 3.05) is 13.1 Å². The first-order chi connectivity index (χ1) is 11.2. The van der Waals surface area contributed by atoms with Crippen molar-refractivity contribution in [3.05, 3.63) is 54.4 Å². The van der Waals surface area contributed by atoms with Gasteiger partial charge in [-0.05, 0) is 18.1 Å². The van der Waals surface area contributed by atoms with Gasteiger partial charge in [0, 0.05) is 31.9 Å². The molecule has 0 saturated carbocycles. The summed E-state index contributed by atoms with van der Waals surface area (Å²) in [5, 5.41) is 7.07. The molecule has 0 radical (unpaired) electrons. The van der Waals surface area contributed by atoms with Crippen LogP contribution in [-0.2, 0) is 16.1 Å². The number of rotatable bonds is 6. The van der Waals surface area contributed by atoms with Gasteiger partial charge in [0.05, 0.1) is 6.04 Å². The molecule has 23 heavy (non-hydrogen) atoms. The third kappa shape index (κ3) is 3.97. The zero-order chi connectivity index (χ0) is 16.1. The minimum Gasteiger partial charge on any atom is -0.346 e. The van der Waals surface area contributed by atoms with E-state index in [4.69, 9.17) is 0 Å². The third-order valence-corrected chi connectivity index (χ3v) is 3.98. The number of hydrogen-bond acceptors (Lipinski definition) is 3. The Morgan fingerprint density at radius 2 is 2.09 bits per heavy atom. The molecule has 6 heteroatoms. The predicted octanol–water partition coefficient (Wildman–Crippen LogP) is 1.36. The van der Waals surface area contributed by atoms with Crippen LogP contribution in [0.15, 0.2) is 48.8 Å². The number of benzene rings is 1. The molecule has 2 aromatic rings. The number of carbonyl (C=O) groups is 2. The standard InChI is InChI=1S/C17H20N4O2/c22-16(13-21-11-5-9-18-21)19-15(14-6-2-1-3-7-14)12-20-10-4-8-17(20)23/h1-3,5-7,9,11,15H,4,8,10,12-13H2,(H,19,22)/t15-/m0/s1. The van der Waals surface area contributed by atoms with Crippen molar-refractivity contribution >= 4 is 11.8 Å². The van der Waals surface area contributed by atoms with Crippen molar-refractivity contribution in [3.63, 3.8) is 0 Å². The van der Waals surface area contributed by atoms with Gasteiger partial charge in [-0.15, -0.1) is 0 Å². The minimum absolute atomic E-state index is 0.116. The average Bonchev–Trinajstić information content (AvgIpc) is 3.20. The van der Waals surface area contributed by atoms with Crippen molar-refractivity contribution in [2.45, 2.75) is 25.4 Å². The van der Waals surface area contributed by atoms with Crippen molar-refractivity contribution in [1.29, 1.82) is 0 Å². The van der Waals surface area contributed by atoms with E-state index in [1.807, 2.05) is 35.2 Å². The van der Waals surface area contributed by atoms with Crippen LogP contribution >= 0.6 is 0 Å². The number of amides is 2. The van der Waals surface area contributed by atoms with E-state index in [9.17, 15) is 9.59 Å². The Hall–Kier alpha value is -2.63. The van der Waals surface area contributed by atoms with Gasteiger partial charge in [0.25, 0.3) is 0 Å². The second-order valence-corrected chi connectivity index (χ2v) is 5.68. The van der Waals surface area contributed by atoms with Gasteiger partial charge in [-0.1, -0.05) is 30.3 Å². The monoisotopic (exact) mass is 312 g/mol. The van der Waals surface area contributed by atoms with E-state index in [2.05, 4.69) is 10.4 Å². The van der Waals surface area contributed by atoms with E-state index < -0.39 is 0 Å². The van der Waals surface area contributed by atoms with Crippen LogP contribution in [-0.4, -0.2) is 39.6 Å². The summed E-state index contributed by atoms with van der Waals surface area (Å²) in [5.41, 5.74) is 1.00. The molecule has 1 fully saturated rings. The normalized spacial score (nSPS) is 15.7. The van der Waals surface area contributed by atoms with Gasteiger partial charge in [0.1, 0.15) is 6.54 Å². The van der Waals surface area contributed by atoms with Crippen molar-refractivity contribution in [3.8, 4) is 0 Å². The zero-order valence-electron chi connectivity index (χ0n) is 12.9. The molecular formula is C17H20N4O2. The van der Waals surface area contributed by atoms with Crippen LogP contribution < -0.4 is 5.32 Å². The molecular weight excluding hydrogens is 292 g/mol. The van der Waals surface area contributed by atoms with Crippen LogP contribution in [0.3, 0.4) is 0 Å². The lowest BCUT2D eigenvalue weighted by atomic mass is 10.1. The first-order valence-electron chi connectivity index (χ1n) is 7.82. The summed E-state index contributed by atoms with van der Waals surface area (Å²) < 4.78 is 1.58. The Kier molecular flexibility index (Phi) is 4.71. The second kappa shape index (κ2) is 7.09. The van der Waals surface area contributed by atoms with Gasteiger partial charge in [-0.3, -0.25) is 14.3 Å². The van der Waals surface area contributed by atoms with Crippen LogP contribution in [0, 0.1) is 0 Å². The third-order valence-electron chi connectivity index (χ3n) is 3.98. The highest BCUT2D eigenvalue weighted by Gasteiger charge is 2.25. The van der Waals surface area contributed by atoms with E-state index >= 15 is 0 Å². The second-order valence-electron chi connectivity index (χ2n) is 5.68. The fourth-order valence-corrected chi connectivity index (χ4v) is 2.82. The molecule has 1 aromatic heterocycles. The molecule has 1 aliphatic rings. The lowest BCUT2D eigenvalue weighted by Gasteiger charge is -2.25. The van der Waals surface area contributed by atoms with E-state index in [1.54, 1.807) is 23.1 Å². The van der Waals surface area contributed by atoms with Gasteiger partial charge in [0.2, 0.25) is 11.8 Å². The smallest absolute Gasteiger partial charge is 0.242 e. The lowest BCUT2D eigenvalue weighted by molar-refractivity contribution is -0.129. The molecule has 0 spiro atoms. The fourth-order valence-electron chi connectivity index (χ4n) is 2.82. The maximum Gasteiger partial charge on any atom is 0.242 e. The van der Waals surface area contributed by atoms with E-state index in [0.29, 0.717) is 13.0 Å². The van der Waals surface area contributed by atoms with Crippen LogP contribution in [0.2, 0.25) is 0 Å². The van der Waals surface area contributed by atoms with Gasteiger partial charge in [0.15, 0.2) is 0 Å². The topological polar surface area (TPSA) is 67.2 Å². The molecule has 0 aliphatic carbocycles. The van der Waals surface area contributed by atoms with Gasteiger partial charge < -0.3 is 10.2 Å². The number of carbonyl (C=O) groups excluding carboxylic acids is 2. The molecule has 1 N–H and O–H groups in total. The average molecular weight is 312 g/mol. The Morgan fingerprint density at radius 3 is 2.74 bits per heavy atom. The number of nitrogens with one attached hydrogen (secondary N) is 1. The summed E-state index contributed by atoms with van der Waals surface area (Å²) in [6, 6.07) is 11.3. The van der Waals surface area contributed by atoms with Crippen molar-refractivity contribution in [1.82, 2.24) is 20.0 Å². The quantitative estimate of drug-likeness (QED) is 0.876. The molecule has 6 nitrogen and oxygen atoms in total. The first-order valence-corrected chi connectivity index (χ1v) is 7.82. The van der Waals surface area contributed by atoms with E-state index in [0.717, 1.165) is 18.5 Å². The lowest BCUT2D eigenvalue weighted by Crippen LogP contribution is -2.39. The number of likely N-dealkylation sites (tertiary alicyclic amines) is 1. The van der Waals surface area contributed by atoms with E-state index in [-0.39, 0.29) is 24.4 Å². The van der Waals surface area contributed by atoms with Gasteiger partial charge >= 0.3 is 0 Å². The largest absolute Gasteiger partial charge is 0.346 e. The highest BCUT2D eigenvalue weighted by atomic mass is 16.2. The molecule has 0 bridgehead atoms. The zero-order valence-corrected chi connectivity index (χ0v) is 12.9. The highest BCUT2D eigenvalue weighted by molar-refractivity contribution is 5.79. The molecule has 120 valence electrons. The van der Waals surface area contributed by atoms with Crippen LogP contribution in [0.4, 0.5) is 0 Å². The first kappa shape index (κ1) is 15.3. The molecule has 3 rings (SSSR count). The molecule has 1 saturated heterocycles. The van der Waals surface area contributed by atoms with Crippen molar-refractivity contribution in [2.24, 2.45) is 0 Å². The summed E-state index contributed by atoms with van der Waals surface area (Å²) in [4.78, 5) is 26.0. The Balaban J connectivity index is 1.69. The number of aromatic nitrogens is 2. The maximum atomic E-state index is 12.3. The summed E-state index contributed by atoms with van der Waals surface area (Å²) in [6.45, 7) is 1.44. The highest BCUT2D eigenvalue weighted by Crippen LogP contribution is 2.18. The maximum absolute atomic E-state index is 12.3. The Morgan fingerprint density at radius 1 is 1.26 bits per heavy atom. The Labute approximate surface area is 135 Å². The molecule has 1 atom stereocenters. The summed E-state index contributed by atoms with van der Waals surface area (Å²) in [6.07, 6.45) is 4.89. The summed E-state index contributed by atoms with van der Waals surface area (Å²) in [7, 11) is 0. The summed E-state index contributed by atoms with van der Waals surface area (Å²) >= 11 is 0. The molecule has 0 unspecified atom stereocenters.